The number of hydrogen-bond donors (Lipinski definition) is 3. The van der Waals surface area contributed by atoms with Crippen LogP contribution in [-0.2, 0) is 6.54 Å². The number of rotatable bonds is 9. The number of aliphatic hydroxyl groups is 2. The van der Waals surface area contributed by atoms with E-state index in [1.54, 1.807) is 0 Å². The molecule has 0 amide bonds. The van der Waals surface area contributed by atoms with Crippen molar-refractivity contribution in [2.75, 3.05) is 45.2 Å². The summed E-state index contributed by atoms with van der Waals surface area (Å²) in [6, 6.07) is 9.16. The summed E-state index contributed by atoms with van der Waals surface area (Å²) in [7, 11) is 2.19. The summed E-state index contributed by atoms with van der Waals surface area (Å²) in [5.74, 6) is 0.587. The SMILES string of the molecule is C[C@@H](CCCO)Nc1ncc2c(-c3ccc(CN4CCN(C)CC4)cc3)nn([C@H]3CC[C@H](O)CC3)c2n1. The highest BCUT2D eigenvalue weighted by Gasteiger charge is 2.26. The maximum Gasteiger partial charge on any atom is 0.224 e. The molecule has 1 atom stereocenters. The first-order valence-electron chi connectivity index (χ1n) is 13.8. The molecule has 3 aromatic rings. The molecular weight excluding hydrogens is 466 g/mol. The van der Waals surface area contributed by atoms with Crippen molar-refractivity contribution in [1.29, 1.82) is 0 Å². The second-order valence-corrected chi connectivity index (χ2v) is 10.9. The third-order valence-corrected chi connectivity index (χ3v) is 7.86. The molecule has 37 heavy (non-hydrogen) atoms. The molecule has 0 unspecified atom stereocenters. The van der Waals surface area contributed by atoms with Gasteiger partial charge in [0.15, 0.2) is 5.65 Å². The summed E-state index contributed by atoms with van der Waals surface area (Å²) in [6.45, 7) is 7.70. The van der Waals surface area contributed by atoms with Gasteiger partial charge < -0.3 is 20.4 Å². The highest BCUT2D eigenvalue weighted by Crippen LogP contribution is 2.34. The summed E-state index contributed by atoms with van der Waals surface area (Å²) >= 11 is 0. The Morgan fingerprint density at radius 1 is 1.05 bits per heavy atom. The molecule has 2 aliphatic rings. The van der Waals surface area contributed by atoms with Gasteiger partial charge in [-0.1, -0.05) is 24.3 Å². The van der Waals surface area contributed by atoms with Gasteiger partial charge >= 0.3 is 0 Å². The second-order valence-electron chi connectivity index (χ2n) is 10.9. The van der Waals surface area contributed by atoms with Crippen LogP contribution in [0.2, 0.25) is 0 Å². The summed E-state index contributed by atoms with van der Waals surface area (Å²) in [5.41, 5.74) is 4.14. The normalized spacial score (nSPS) is 22.4. The number of anilines is 1. The van der Waals surface area contributed by atoms with Crippen LogP contribution in [0, 0.1) is 0 Å². The average molecular weight is 508 g/mol. The molecule has 2 fully saturated rings. The first kappa shape index (κ1) is 26.0. The predicted octanol–water partition coefficient (Wildman–Crippen LogP) is 3.29. The molecule has 9 heteroatoms. The maximum absolute atomic E-state index is 10.1. The van der Waals surface area contributed by atoms with Crippen molar-refractivity contribution < 1.29 is 10.2 Å². The molecule has 3 heterocycles. The van der Waals surface area contributed by atoms with E-state index in [-0.39, 0.29) is 24.8 Å². The van der Waals surface area contributed by atoms with E-state index < -0.39 is 0 Å². The van der Waals surface area contributed by atoms with Crippen LogP contribution in [0.3, 0.4) is 0 Å². The molecule has 0 spiro atoms. The Morgan fingerprint density at radius 3 is 2.49 bits per heavy atom. The number of hydrogen-bond acceptors (Lipinski definition) is 8. The Morgan fingerprint density at radius 2 is 1.78 bits per heavy atom. The molecule has 200 valence electrons. The number of nitrogens with zero attached hydrogens (tertiary/aromatic N) is 6. The van der Waals surface area contributed by atoms with E-state index >= 15 is 0 Å². The molecule has 1 saturated heterocycles. The Balaban J connectivity index is 1.41. The molecular formula is C28H41N7O2. The first-order chi connectivity index (χ1) is 18.0. The largest absolute Gasteiger partial charge is 0.396 e. The van der Waals surface area contributed by atoms with Gasteiger partial charge in [-0.15, -0.1) is 0 Å². The summed E-state index contributed by atoms with van der Waals surface area (Å²) < 4.78 is 2.07. The lowest BCUT2D eigenvalue weighted by Crippen LogP contribution is -2.43. The van der Waals surface area contributed by atoms with Gasteiger partial charge in [0, 0.05) is 57.1 Å². The zero-order valence-electron chi connectivity index (χ0n) is 22.2. The Bertz CT molecular complexity index is 1150. The van der Waals surface area contributed by atoms with E-state index in [9.17, 15) is 5.11 Å². The van der Waals surface area contributed by atoms with Crippen molar-refractivity contribution in [2.24, 2.45) is 0 Å². The van der Waals surface area contributed by atoms with Gasteiger partial charge in [-0.3, -0.25) is 4.90 Å². The number of benzene rings is 1. The van der Waals surface area contributed by atoms with Gasteiger partial charge in [0.25, 0.3) is 0 Å². The van der Waals surface area contributed by atoms with E-state index in [0.717, 1.165) is 93.5 Å². The average Bonchev–Trinajstić information content (AvgIpc) is 3.28. The second kappa shape index (κ2) is 11.9. The number of fused-ring (bicyclic) bond motifs is 1. The number of piperazine rings is 1. The minimum Gasteiger partial charge on any atom is -0.396 e. The molecule has 1 aliphatic carbocycles. The summed E-state index contributed by atoms with van der Waals surface area (Å²) in [6.07, 6.45) is 6.62. The van der Waals surface area contributed by atoms with Gasteiger partial charge in [0.1, 0.15) is 5.69 Å². The van der Waals surface area contributed by atoms with E-state index in [0.29, 0.717) is 5.95 Å². The topological polar surface area (TPSA) is 103 Å². The van der Waals surface area contributed by atoms with Crippen LogP contribution in [0.25, 0.3) is 22.3 Å². The zero-order valence-corrected chi connectivity index (χ0v) is 22.2. The monoisotopic (exact) mass is 507 g/mol. The van der Waals surface area contributed by atoms with Gasteiger partial charge in [-0.25, -0.2) is 9.67 Å². The zero-order chi connectivity index (χ0) is 25.8. The van der Waals surface area contributed by atoms with Crippen molar-refractivity contribution in [3.05, 3.63) is 36.0 Å². The smallest absolute Gasteiger partial charge is 0.224 e. The molecule has 5 rings (SSSR count). The third-order valence-electron chi connectivity index (χ3n) is 7.86. The quantitative estimate of drug-likeness (QED) is 0.406. The molecule has 1 saturated carbocycles. The van der Waals surface area contributed by atoms with Crippen LogP contribution >= 0.6 is 0 Å². The molecule has 9 nitrogen and oxygen atoms in total. The summed E-state index contributed by atoms with van der Waals surface area (Å²) in [4.78, 5) is 14.4. The Kier molecular flexibility index (Phi) is 8.34. The van der Waals surface area contributed by atoms with Crippen molar-refractivity contribution in [3.63, 3.8) is 0 Å². The lowest BCUT2D eigenvalue weighted by molar-refractivity contribution is 0.109. The number of nitrogens with one attached hydrogen (secondary N) is 1. The predicted molar refractivity (Wildman–Crippen MR) is 146 cm³/mol. The number of aliphatic hydroxyl groups excluding tert-OH is 2. The van der Waals surface area contributed by atoms with Crippen LogP contribution in [0.15, 0.2) is 30.5 Å². The van der Waals surface area contributed by atoms with Crippen LogP contribution < -0.4 is 5.32 Å². The van der Waals surface area contributed by atoms with Crippen molar-refractivity contribution >= 4 is 17.0 Å². The van der Waals surface area contributed by atoms with E-state index in [4.69, 9.17) is 15.2 Å². The van der Waals surface area contributed by atoms with Crippen molar-refractivity contribution in [2.45, 2.75) is 70.2 Å². The Labute approximate surface area is 219 Å². The fraction of sp³-hybridized carbons (Fsp3) is 0.607. The standard InChI is InChI=1S/C28H41N7O2/c1-20(4-3-17-36)30-28-29-18-25-26(32-35(27(25)31-28)23-9-11-24(37)12-10-23)22-7-5-21(6-8-22)19-34-15-13-33(2)14-16-34/h5-8,18,20,23-24,36-37H,3-4,9-17,19H2,1-2H3,(H,29,30,31)/t20-,23-,24-/m0/s1. The van der Waals surface area contributed by atoms with E-state index in [2.05, 4.69) is 63.0 Å². The van der Waals surface area contributed by atoms with Crippen LogP contribution in [0.4, 0.5) is 5.95 Å². The molecule has 0 radical (unpaired) electrons. The number of likely N-dealkylation sites (N-methyl/N-ethyl adjacent to an activating group) is 1. The first-order valence-corrected chi connectivity index (χ1v) is 13.8. The van der Waals surface area contributed by atoms with E-state index in [1.165, 1.54) is 5.56 Å². The van der Waals surface area contributed by atoms with Crippen LogP contribution in [0.5, 0.6) is 0 Å². The molecule has 3 N–H and O–H groups in total. The van der Waals surface area contributed by atoms with Crippen molar-refractivity contribution in [1.82, 2.24) is 29.5 Å². The minimum atomic E-state index is -0.218. The molecule has 2 aromatic heterocycles. The van der Waals surface area contributed by atoms with Gasteiger partial charge in [0.2, 0.25) is 5.95 Å². The molecule has 0 bridgehead atoms. The van der Waals surface area contributed by atoms with Crippen LogP contribution in [-0.4, -0.2) is 91.7 Å². The Hall–Kier alpha value is -2.59. The van der Waals surface area contributed by atoms with Crippen LogP contribution in [0.1, 0.15) is 57.1 Å². The lowest BCUT2D eigenvalue weighted by atomic mass is 9.93. The summed E-state index contributed by atoms with van der Waals surface area (Å²) in [5, 5.41) is 28.6. The van der Waals surface area contributed by atoms with Gasteiger partial charge in [-0.05, 0) is 58.1 Å². The van der Waals surface area contributed by atoms with E-state index in [1.807, 2.05) is 6.20 Å². The van der Waals surface area contributed by atoms with Crippen molar-refractivity contribution in [3.8, 4) is 11.3 Å². The fourth-order valence-electron chi connectivity index (χ4n) is 5.49. The van der Waals surface area contributed by atoms with Gasteiger partial charge in [-0.2, -0.15) is 10.1 Å². The fourth-order valence-corrected chi connectivity index (χ4v) is 5.49. The maximum atomic E-state index is 10.1. The molecule has 1 aliphatic heterocycles. The third kappa shape index (κ3) is 6.29. The minimum absolute atomic E-state index is 0.165. The molecule has 1 aromatic carbocycles. The highest BCUT2D eigenvalue weighted by atomic mass is 16.3. The highest BCUT2D eigenvalue weighted by molar-refractivity contribution is 5.91. The van der Waals surface area contributed by atoms with Gasteiger partial charge in [0.05, 0.1) is 17.5 Å². The lowest BCUT2D eigenvalue weighted by Gasteiger charge is -2.32. The number of aromatic nitrogens is 4.